The molecule has 2 N–H and O–H groups in total. The van der Waals surface area contributed by atoms with Gasteiger partial charge in [-0.15, -0.1) is 0 Å². The summed E-state index contributed by atoms with van der Waals surface area (Å²) < 4.78 is 2.56. The number of aromatic nitrogens is 2. The molecule has 0 atom stereocenters. The standard InChI is InChI=1S/C24H28ClIN4O/c1-24(2,3)30-23(31)22(25)21(16-29-30)28-15-17-5-7-18(8-6-17)19-9-11-20(12-10-19)27-14-4-13-26/h5-12,16,27-28H,4,13-15H2,1-3H3. The summed E-state index contributed by atoms with van der Waals surface area (Å²) in [4.78, 5) is 12.5. The van der Waals surface area contributed by atoms with Crippen LogP contribution in [0.5, 0.6) is 0 Å². The Labute approximate surface area is 202 Å². The Bertz CT molecular complexity index is 1060. The Morgan fingerprint density at radius 3 is 2.19 bits per heavy atom. The third kappa shape index (κ3) is 6.23. The van der Waals surface area contributed by atoms with Crippen LogP contribution in [0.1, 0.15) is 32.8 Å². The first-order valence-electron chi connectivity index (χ1n) is 10.3. The van der Waals surface area contributed by atoms with Gasteiger partial charge in [0.25, 0.3) is 5.56 Å². The van der Waals surface area contributed by atoms with Gasteiger partial charge >= 0.3 is 0 Å². The van der Waals surface area contributed by atoms with Crippen LogP contribution in [-0.4, -0.2) is 20.8 Å². The largest absolute Gasteiger partial charge is 0.385 e. The normalized spacial score (nSPS) is 11.4. The number of rotatable bonds is 8. The molecule has 7 heteroatoms. The van der Waals surface area contributed by atoms with Gasteiger partial charge in [0, 0.05) is 23.2 Å². The molecule has 0 unspecified atom stereocenters. The van der Waals surface area contributed by atoms with E-state index in [2.05, 4.69) is 86.9 Å². The summed E-state index contributed by atoms with van der Waals surface area (Å²) in [6.45, 7) is 7.31. The maximum Gasteiger partial charge on any atom is 0.288 e. The minimum absolute atomic E-state index is 0.161. The number of alkyl halides is 1. The molecule has 0 amide bonds. The Balaban J connectivity index is 1.64. The second-order valence-corrected chi connectivity index (χ2v) is 9.81. The summed E-state index contributed by atoms with van der Waals surface area (Å²) in [5.41, 5.74) is 4.42. The Kier molecular flexibility index (Phi) is 8.00. The minimum Gasteiger partial charge on any atom is -0.385 e. The topological polar surface area (TPSA) is 59.0 Å². The predicted octanol–water partition coefficient (Wildman–Crippen LogP) is 6.17. The van der Waals surface area contributed by atoms with Crippen molar-refractivity contribution in [3.63, 3.8) is 0 Å². The molecule has 3 aromatic rings. The van der Waals surface area contributed by atoms with Gasteiger partial charge < -0.3 is 10.6 Å². The summed E-state index contributed by atoms with van der Waals surface area (Å²) in [6, 6.07) is 16.9. The van der Waals surface area contributed by atoms with E-state index >= 15 is 0 Å². The van der Waals surface area contributed by atoms with E-state index < -0.39 is 5.54 Å². The van der Waals surface area contributed by atoms with Gasteiger partial charge in [-0.05, 0) is 56.0 Å². The first-order valence-corrected chi connectivity index (χ1v) is 12.2. The lowest BCUT2D eigenvalue weighted by molar-refractivity contribution is 0.338. The Morgan fingerprint density at radius 2 is 1.61 bits per heavy atom. The highest BCUT2D eigenvalue weighted by atomic mass is 127. The molecule has 164 valence electrons. The minimum atomic E-state index is -0.418. The van der Waals surface area contributed by atoms with Gasteiger partial charge in [-0.25, -0.2) is 4.68 Å². The monoisotopic (exact) mass is 550 g/mol. The third-order valence-corrected chi connectivity index (χ3v) is 5.98. The molecule has 2 aromatic carbocycles. The van der Waals surface area contributed by atoms with Crippen molar-refractivity contribution >= 4 is 45.6 Å². The Hall–Kier alpha value is -2.06. The zero-order valence-electron chi connectivity index (χ0n) is 18.1. The molecule has 0 spiro atoms. The van der Waals surface area contributed by atoms with Crippen molar-refractivity contribution in [2.75, 3.05) is 21.6 Å². The first-order chi connectivity index (χ1) is 14.8. The number of anilines is 2. The number of benzene rings is 2. The summed E-state index contributed by atoms with van der Waals surface area (Å²) in [6.07, 6.45) is 2.77. The van der Waals surface area contributed by atoms with Gasteiger partial charge in [0.15, 0.2) is 0 Å². The zero-order chi connectivity index (χ0) is 22.4. The molecule has 3 rings (SSSR count). The maximum absolute atomic E-state index is 12.5. The van der Waals surface area contributed by atoms with Crippen LogP contribution < -0.4 is 16.2 Å². The van der Waals surface area contributed by atoms with Gasteiger partial charge in [0.05, 0.1) is 17.4 Å². The lowest BCUT2D eigenvalue weighted by atomic mass is 10.0. The van der Waals surface area contributed by atoms with Crippen LogP contribution in [0.2, 0.25) is 5.02 Å². The first kappa shape index (κ1) is 23.6. The second-order valence-electron chi connectivity index (χ2n) is 8.36. The van der Waals surface area contributed by atoms with Crippen LogP contribution >= 0.6 is 34.2 Å². The SMILES string of the molecule is CC(C)(C)n1ncc(NCc2ccc(-c3ccc(NCCCI)cc3)cc2)c(Cl)c1=O. The van der Waals surface area contributed by atoms with Crippen molar-refractivity contribution in [2.24, 2.45) is 0 Å². The smallest absolute Gasteiger partial charge is 0.288 e. The van der Waals surface area contributed by atoms with Gasteiger partial charge in [0.2, 0.25) is 0 Å². The molecule has 0 aliphatic carbocycles. The number of nitrogens with zero attached hydrogens (tertiary/aromatic N) is 2. The summed E-state index contributed by atoms with van der Waals surface area (Å²) in [5, 5.41) is 11.1. The van der Waals surface area contributed by atoms with Gasteiger partial charge in [0.1, 0.15) is 5.02 Å². The molecule has 0 fully saturated rings. The molecule has 0 saturated carbocycles. The predicted molar refractivity (Wildman–Crippen MR) is 140 cm³/mol. The van der Waals surface area contributed by atoms with Crippen LogP contribution in [0.25, 0.3) is 11.1 Å². The average Bonchev–Trinajstić information content (AvgIpc) is 2.75. The van der Waals surface area contributed by atoms with E-state index in [9.17, 15) is 4.79 Å². The molecule has 0 radical (unpaired) electrons. The Morgan fingerprint density at radius 1 is 1.00 bits per heavy atom. The van der Waals surface area contributed by atoms with Gasteiger partial charge in [-0.1, -0.05) is 70.6 Å². The lowest BCUT2D eigenvalue weighted by Gasteiger charge is -2.21. The number of hydrogen-bond acceptors (Lipinski definition) is 4. The van der Waals surface area contributed by atoms with Crippen LogP contribution in [0.3, 0.4) is 0 Å². The van der Waals surface area contributed by atoms with Crippen LogP contribution in [-0.2, 0) is 12.1 Å². The molecular weight excluding hydrogens is 523 g/mol. The fraction of sp³-hybridized carbons (Fsp3) is 0.333. The zero-order valence-corrected chi connectivity index (χ0v) is 21.0. The summed E-state index contributed by atoms with van der Waals surface area (Å²) >= 11 is 8.68. The molecule has 0 aliphatic rings. The van der Waals surface area contributed by atoms with Crippen LogP contribution in [0, 0.1) is 0 Å². The highest BCUT2D eigenvalue weighted by Crippen LogP contribution is 2.23. The molecular formula is C24H28ClIN4O. The van der Waals surface area contributed by atoms with Crippen molar-refractivity contribution in [1.82, 2.24) is 9.78 Å². The fourth-order valence-corrected chi connectivity index (χ4v) is 3.70. The molecule has 31 heavy (non-hydrogen) atoms. The molecule has 1 heterocycles. The third-order valence-electron chi connectivity index (χ3n) is 4.85. The van der Waals surface area contributed by atoms with Crippen LogP contribution in [0.4, 0.5) is 11.4 Å². The highest BCUT2D eigenvalue weighted by Gasteiger charge is 2.19. The van der Waals surface area contributed by atoms with Crippen molar-refractivity contribution in [3.05, 3.63) is 75.7 Å². The fourth-order valence-electron chi connectivity index (χ4n) is 3.13. The number of hydrogen-bond donors (Lipinski definition) is 2. The molecule has 5 nitrogen and oxygen atoms in total. The highest BCUT2D eigenvalue weighted by molar-refractivity contribution is 14.1. The molecule has 0 saturated heterocycles. The lowest BCUT2D eigenvalue weighted by Crippen LogP contribution is -2.36. The van der Waals surface area contributed by atoms with E-state index in [0.29, 0.717) is 12.2 Å². The van der Waals surface area contributed by atoms with Gasteiger partial charge in [-0.3, -0.25) is 4.79 Å². The average molecular weight is 551 g/mol. The molecule has 0 aliphatic heterocycles. The van der Waals surface area contributed by atoms with Crippen molar-refractivity contribution in [3.8, 4) is 11.1 Å². The summed E-state index contributed by atoms with van der Waals surface area (Å²) in [5.74, 6) is 0. The van der Waals surface area contributed by atoms with E-state index in [1.54, 1.807) is 6.20 Å². The van der Waals surface area contributed by atoms with E-state index in [4.69, 9.17) is 11.6 Å². The van der Waals surface area contributed by atoms with E-state index in [1.807, 2.05) is 20.8 Å². The van der Waals surface area contributed by atoms with Crippen LogP contribution in [0.15, 0.2) is 59.5 Å². The summed E-state index contributed by atoms with van der Waals surface area (Å²) in [7, 11) is 0. The quantitative estimate of drug-likeness (QED) is 0.200. The second kappa shape index (κ2) is 10.5. The van der Waals surface area contributed by atoms with Crippen molar-refractivity contribution < 1.29 is 0 Å². The van der Waals surface area contributed by atoms with E-state index in [1.165, 1.54) is 10.2 Å². The molecule has 1 aromatic heterocycles. The number of nitrogens with one attached hydrogen (secondary N) is 2. The van der Waals surface area contributed by atoms with Crippen molar-refractivity contribution in [1.29, 1.82) is 0 Å². The van der Waals surface area contributed by atoms with Gasteiger partial charge in [-0.2, -0.15) is 5.10 Å². The van der Waals surface area contributed by atoms with E-state index in [0.717, 1.165) is 34.2 Å². The molecule has 0 bridgehead atoms. The van der Waals surface area contributed by atoms with E-state index in [-0.39, 0.29) is 10.6 Å². The maximum atomic E-state index is 12.5. The number of halogens is 2. The van der Waals surface area contributed by atoms with Crippen molar-refractivity contribution in [2.45, 2.75) is 39.3 Å².